The minimum Gasteiger partial charge on any atom is -0.478 e. The van der Waals surface area contributed by atoms with Crippen molar-refractivity contribution in [2.24, 2.45) is 0 Å². The molecule has 3 heteroatoms. The van der Waals surface area contributed by atoms with Crippen LogP contribution in [0.5, 0.6) is 5.75 Å². The highest BCUT2D eigenvalue weighted by Gasteiger charge is 2.38. The first-order chi connectivity index (χ1) is 8.77. The maximum absolute atomic E-state index is 12.3. The fourth-order valence-electron chi connectivity index (χ4n) is 2.27. The van der Waals surface area contributed by atoms with E-state index < -0.39 is 6.04 Å². The minimum absolute atomic E-state index is 0.0469. The van der Waals surface area contributed by atoms with Crippen molar-refractivity contribution < 1.29 is 15.3 Å². The van der Waals surface area contributed by atoms with Crippen LogP contribution < -0.4 is 10.5 Å². The van der Waals surface area contributed by atoms with E-state index in [0.29, 0.717) is 11.3 Å². The van der Waals surface area contributed by atoms with Gasteiger partial charge < -0.3 is 10.5 Å². The zero-order chi connectivity index (χ0) is 12.5. The molecule has 0 saturated carbocycles. The van der Waals surface area contributed by atoms with Crippen molar-refractivity contribution >= 4 is 5.78 Å². The molecule has 2 aromatic rings. The minimum atomic E-state index is -0.401. The molecule has 1 aliphatic rings. The van der Waals surface area contributed by atoms with E-state index in [0.717, 1.165) is 5.56 Å². The average molecular weight is 240 g/mol. The molecular formula is C15H14NO2+. The maximum Gasteiger partial charge on any atom is 0.227 e. The van der Waals surface area contributed by atoms with Gasteiger partial charge in [-0.05, 0) is 17.7 Å². The van der Waals surface area contributed by atoms with Crippen molar-refractivity contribution in [3.63, 3.8) is 0 Å². The molecule has 1 heterocycles. The highest BCUT2D eigenvalue weighted by Crippen LogP contribution is 2.33. The van der Waals surface area contributed by atoms with Crippen LogP contribution in [0.25, 0.3) is 0 Å². The number of Topliss-reactive ketones (excluding diaryl/α,β-unsaturated/α-hetero) is 1. The molecule has 18 heavy (non-hydrogen) atoms. The molecule has 0 aliphatic carbocycles. The number of ketones is 1. The van der Waals surface area contributed by atoms with E-state index in [1.54, 1.807) is 6.07 Å². The van der Waals surface area contributed by atoms with Crippen LogP contribution in [-0.2, 0) is 0 Å². The second-order valence-electron chi connectivity index (χ2n) is 4.42. The Hall–Kier alpha value is -2.13. The second-order valence-corrected chi connectivity index (χ2v) is 4.42. The van der Waals surface area contributed by atoms with Gasteiger partial charge in [-0.1, -0.05) is 42.5 Å². The molecule has 90 valence electrons. The van der Waals surface area contributed by atoms with Gasteiger partial charge in [0.1, 0.15) is 5.75 Å². The van der Waals surface area contributed by atoms with Gasteiger partial charge in [-0.2, -0.15) is 0 Å². The van der Waals surface area contributed by atoms with Crippen LogP contribution in [0, 0.1) is 0 Å². The Bertz CT molecular complexity index is 580. The van der Waals surface area contributed by atoms with Gasteiger partial charge in [-0.25, -0.2) is 0 Å². The van der Waals surface area contributed by atoms with Crippen LogP contribution in [0.3, 0.4) is 0 Å². The largest absolute Gasteiger partial charge is 0.478 e. The molecule has 0 unspecified atom stereocenters. The fourth-order valence-corrected chi connectivity index (χ4v) is 2.27. The average Bonchev–Trinajstić information content (AvgIpc) is 2.44. The van der Waals surface area contributed by atoms with Gasteiger partial charge in [0.05, 0.1) is 5.56 Å². The number of hydrogen-bond acceptors (Lipinski definition) is 2. The summed E-state index contributed by atoms with van der Waals surface area (Å²) in [5.41, 5.74) is 5.58. The van der Waals surface area contributed by atoms with Crippen LogP contribution >= 0.6 is 0 Å². The summed E-state index contributed by atoms with van der Waals surface area (Å²) in [4.78, 5) is 12.3. The molecule has 0 bridgehead atoms. The van der Waals surface area contributed by atoms with Crippen molar-refractivity contribution in [2.75, 3.05) is 0 Å². The first-order valence-electron chi connectivity index (χ1n) is 5.95. The molecule has 0 saturated heterocycles. The molecule has 2 aromatic carbocycles. The number of carbonyl (C=O) groups excluding carboxylic acids is 1. The van der Waals surface area contributed by atoms with Crippen molar-refractivity contribution in [2.45, 2.75) is 12.1 Å². The van der Waals surface area contributed by atoms with Gasteiger partial charge >= 0.3 is 0 Å². The smallest absolute Gasteiger partial charge is 0.227 e. The number of ether oxygens (including phenoxy) is 1. The zero-order valence-electron chi connectivity index (χ0n) is 9.87. The Morgan fingerprint density at radius 2 is 1.61 bits per heavy atom. The Morgan fingerprint density at radius 3 is 2.39 bits per heavy atom. The van der Waals surface area contributed by atoms with E-state index in [4.69, 9.17) is 4.74 Å². The monoisotopic (exact) mass is 240 g/mol. The predicted molar refractivity (Wildman–Crippen MR) is 67.3 cm³/mol. The number of hydrogen-bond donors (Lipinski definition) is 1. The number of quaternary nitrogens is 1. The number of carbonyl (C=O) groups is 1. The molecule has 3 nitrogen and oxygen atoms in total. The third-order valence-electron chi connectivity index (χ3n) is 3.24. The topological polar surface area (TPSA) is 53.9 Å². The van der Waals surface area contributed by atoms with Crippen LogP contribution in [-0.4, -0.2) is 11.8 Å². The molecule has 2 atom stereocenters. The van der Waals surface area contributed by atoms with Crippen molar-refractivity contribution in [1.82, 2.24) is 0 Å². The molecule has 0 fully saturated rings. The van der Waals surface area contributed by atoms with E-state index in [1.807, 2.05) is 48.5 Å². The summed E-state index contributed by atoms with van der Waals surface area (Å²) in [6, 6.07) is 16.7. The predicted octanol–water partition coefficient (Wildman–Crippen LogP) is 1.61. The van der Waals surface area contributed by atoms with E-state index in [9.17, 15) is 4.79 Å². The van der Waals surface area contributed by atoms with Gasteiger partial charge in [-0.15, -0.1) is 0 Å². The summed E-state index contributed by atoms with van der Waals surface area (Å²) in [5, 5.41) is 0. The summed E-state index contributed by atoms with van der Waals surface area (Å²) in [7, 11) is 0. The molecule has 0 aromatic heterocycles. The zero-order valence-corrected chi connectivity index (χ0v) is 9.87. The van der Waals surface area contributed by atoms with E-state index in [-0.39, 0.29) is 11.9 Å². The Labute approximate surface area is 105 Å². The van der Waals surface area contributed by atoms with E-state index >= 15 is 0 Å². The van der Waals surface area contributed by atoms with Gasteiger partial charge in [0.2, 0.25) is 5.78 Å². The quantitative estimate of drug-likeness (QED) is 0.823. The van der Waals surface area contributed by atoms with Gasteiger partial charge in [0.15, 0.2) is 12.1 Å². The van der Waals surface area contributed by atoms with E-state index in [1.165, 1.54) is 0 Å². The van der Waals surface area contributed by atoms with Crippen molar-refractivity contribution in [3.05, 3.63) is 65.7 Å². The number of rotatable bonds is 1. The fraction of sp³-hybridized carbons (Fsp3) is 0.133. The summed E-state index contributed by atoms with van der Waals surface area (Å²) in [6.45, 7) is 0. The molecular weight excluding hydrogens is 226 g/mol. The Kier molecular flexibility index (Phi) is 2.61. The van der Waals surface area contributed by atoms with Crippen LogP contribution in [0.1, 0.15) is 22.0 Å². The van der Waals surface area contributed by atoms with Gasteiger partial charge in [-0.3, -0.25) is 4.79 Å². The lowest BCUT2D eigenvalue weighted by Crippen LogP contribution is -2.69. The molecule has 0 radical (unpaired) electrons. The third-order valence-corrected chi connectivity index (χ3v) is 3.24. The first-order valence-corrected chi connectivity index (χ1v) is 5.95. The van der Waals surface area contributed by atoms with Crippen LogP contribution in [0.2, 0.25) is 0 Å². The molecule has 3 N–H and O–H groups in total. The van der Waals surface area contributed by atoms with Crippen LogP contribution in [0.4, 0.5) is 0 Å². The summed E-state index contributed by atoms with van der Waals surface area (Å²) >= 11 is 0. The van der Waals surface area contributed by atoms with Crippen molar-refractivity contribution in [3.8, 4) is 5.75 Å². The third kappa shape index (κ3) is 1.69. The number of para-hydroxylation sites is 1. The first kappa shape index (κ1) is 11.0. The lowest BCUT2D eigenvalue weighted by atomic mass is 9.92. The molecule has 1 aliphatic heterocycles. The molecule has 3 rings (SSSR count). The summed E-state index contributed by atoms with van der Waals surface area (Å²) in [6.07, 6.45) is -0.298. The lowest BCUT2D eigenvalue weighted by molar-refractivity contribution is -0.416. The molecule has 0 amide bonds. The SMILES string of the molecule is [NH3+][C@H]1C(=O)c2ccccc2O[C@H]1c1ccccc1. The normalized spacial score (nSPS) is 22.2. The van der Waals surface area contributed by atoms with E-state index in [2.05, 4.69) is 5.73 Å². The summed E-state index contributed by atoms with van der Waals surface area (Å²) < 4.78 is 5.92. The van der Waals surface area contributed by atoms with Gasteiger partial charge in [0, 0.05) is 0 Å². The lowest BCUT2D eigenvalue weighted by Gasteiger charge is -2.28. The highest BCUT2D eigenvalue weighted by atomic mass is 16.5. The molecule has 0 spiro atoms. The summed E-state index contributed by atoms with van der Waals surface area (Å²) in [5.74, 6) is 0.696. The number of benzene rings is 2. The van der Waals surface area contributed by atoms with Gasteiger partial charge in [0.25, 0.3) is 0 Å². The standard InChI is InChI=1S/C15H13NO2/c16-13-14(17)11-8-4-5-9-12(11)18-15(13)10-6-2-1-3-7-10/h1-9,13,15H,16H2/p+1/t13-,15-/m0/s1. The van der Waals surface area contributed by atoms with Crippen molar-refractivity contribution in [1.29, 1.82) is 0 Å². The second kappa shape index (κ2) is 4.27. The Balaban J connectivity index is 2.04. The highest BCUT2D eigenvalue weighted by molar-refractivity contribution is 6.02. The maximum atomic E-state index is 12.3. The Morgan fingerprint density at radius 1 is 0.944 bits per heavy atom. The number of fused-ring (bicyclic) bond motifs is 1. The van der Waals surface area contributed by atoms with Crippen LogP contribution in [0.15, 0.2) is 54.6 Å².